The van der Waals surface area contributed by atoms with E-state index in [0.717, 1.165) is 24.7 Å². The second kappa shape index (κ2) is 3.54. The molecule has 2 N–H and O–H groups in total. The van der Waals surface area contributed by atoms with Crippen LogP contribution in [0.5, 0.6) is 0 Å². The summed E-state index contributed by atoms with van der Waals surface area (Å²) in [5.74, 6) is 1.60. The van der Waals surface area contributed by atoms with Crippen LogP contribution in [0.15, 0.2) is 0 Å². The lowest BCUT2D eigenvalue weighted by atomic mass is 9.77. The van der Waals surface area contributed by atoms with Crippen LogP contribution in [0.2, 0.25) is 0 Å². The zero-order chi connectivity index (χ0) is 10.2. The Morgan fingerprint density at radius 1 is 1.43 bits per heavy atom. The van der Waals surface area contributed by atoms with Crippen LogP contribution < -0.4 is 5.73 Å². The first-order valence-electron chi connectivity index (χ1n) is 5.46. The zero-order valence-electron chi connectivity index (χ0n) is 8.79. The van der Waals surface area contributed by atoms with Gasteiger partial charge in [0.25, 0.3) is 0 Å². The maximum atomic E-state index is 11.3. The van der Waals surface area contributed by atoms with Crippen LogP contribution in [0.4, 0.5) is 0 Å². The molecule has 0 spiro atoms. The Labute approximate surface area is 85.0 Å². The molecule has 2 fully saturated rings. The van der Waals surface area contributed by atoms with Gasteiger partial charge < -0.3 is 10.5 Å². The molecule has 0 aromatic rings. The van der Waals surface area contributed by atoms with Crippen molar-refractivity contribution in [1.82, 2.24) is 0 Å². The van der Waals surface area contributed by atoms with E-state index < -0.39 is 0 Å². The maximum Gasteiger partial charge on any atom is 0.306 e. The fourth-order valence-electron chi connectivity index (χ4n) is 3.13. The number of ether oxygens (including phenoxy) is 1. The Balaban J connectivity index is 2.00. The first-order chi connectivity index (χ1) is 6.69. The highest BCUT2D eigenvalue weighted by atomic mass is 16.5. The van der Waals surface area contributed by atoms with Crippen LogP contribution in [-0.2, 0) is 9.53 Å². The van der Waals surface area contributed by atoms with Gasteiger partial charge in [-0.25, -0.2) is 0 Å². The van der Waals surface area contributed by atoms with Gasteiger partial charge >= 0.3 is 5.97 Å². The molecule has 3 nitrogen and oxygen atoms in total. The standard InChI is InChI=1S/C11H19NO2/c1-14-10(13)6-11(7-12)4-8-2-3-9(8)5-11/h8-9H,2-7,12H2,1H3/t8-,9+,11-. The quantitative estimate of drug-likeness (QED) is 0.694. The Morgan fingerprint density at radius 3 is 2.36 bits per heavy atom. The average molecular weight is 197 g/mol. The molecule has 2 aliphatic carbocycles. The number of methoxy groups -OCH3 is 1. The van der Waals surface area contributed by atoms with Crippen molar-refractivity contribution in [1.29, 1.82) is 0 Å². The number of nitrogens with two attached hydrogens (primary N) is 1. The molecule has 0 saturated heterocycles. The predicted octanol–water partition coefficient (Wildman–Crippen LogP) is 1.31. The number of carbonyl (C=O) groups is 1. The lowest BCUT2D eigenvalue weighted by Crippen LogP contribution is -2.31. The van der Waals surface area contributed by atoms with Crippen LogP contribution in [-0.4, -0.2) is 19.6 Å². The minimum absolute atomic E-state index is 0.0684. The third kappa shape index (κ3) is 1.54. The minimum atomic E-state index is -0.100. The summed E-state index contributed by atoms with van der Waals surface area (Å²) in [5, 5.41) is 0. The van der Waals surface area contributed by atoms with Crippen molar-refractivity contribution in [3.8, 4) is 0 Å². The normalized spacial score (nSPS) is 40.1. The summed E-state index contributed by atoms with van der Waals surface area (Å²) in [6.45, 7) is 0.634. The summed E-state index contributed by atoms with van der Waals surface area (Å²) in [6, 6.07) is 0. The van der Waals surface area contributed by atoms with Gasteiger partial charge in [-0.3, -0.25) is 4.79 Å². The van der Waals surface area contributed by atoms with E-state index in [1.807, 2.05) is 0 Å². The molecule has 0 unspecified atom stereocenters. The lowest BCUT2D eigenvalue weighted by Gasteiger charge is -2.29. The third-order valence-electron chi connectivity index (χ3n) is 4.15. The van der Waals surface area contributed by atoms with Gasteiger partial charge in [-0.1, -0.05) is 0 Å². The van der Waals surface area contributed by atoms with E-state index in [1.165, 1.54) is 20.0 Å². The molecule has 0 radical (unpaired) electrons. The average Bonchev–Trinajstić information content (AvgIpc) is 2.42. The van der Waals surface area contributed by atoms with E-state index in [0.29, 0.717) is 13.0 Å². The molecule has 0 bridgehead atoms. The van der Waals surface area contributed by atoms with Crippen molar-refractivity contribution in [3.63, 3.8) is 0 Å². The van der Waals surface area contributed by atoms with Gasteiger partial charge in [-0.15, -0.1) is 0 Å². The summed E-state index contributed by atoms with van der Waals surface area (Å²) in [7, 11) is 1.45. The molecule has 2 rings (SSSR count). The molecule has 3 atom stereocenters. The second-order valence-corrected chi connectivity index (χ2v) is 4.96. The third-order valence-corrected chi connectivity index (χ3v) is 4.15. The number of fused-ring (bicyclic) bond motifs is 1. The molecular weight excluding hydrogens is 178 g/mol. The van der Waals surface area contributed by atoms with E-state index in [2.05, 4.69) is 0 Å². The van der Waals surface area contributed by atoms with Crippen LogP contribution >= 0.6 is 0 Å². The first kappa shape index (κ1) is 9.97. The van der Waals surface area contributed by atoms with Crippen molar-refractivity contribution >= 4 is 5.97 Å². The van der Waals surface area contributed by atoms with Crippen LogP contribution in [0.1, 0.15) is 32.1 Å². The Kier molecular flexibility index (Phi) is 2.52. The molecule has 0 heterocycles. The number of esters is 1. The highest BCUT2D eigenvalue weighted by Crippen LogP contribution is 2.56. The van der Waals surface area contributed by atoms with Gasteiger partial charge in [-0.2, -0.15) is 0 Å². The smallest absolute Gasteiger partial charge is 0.306 e. The molecular formula is C11H19NO2. The fourth-order valence-corrected chi connectivity index (χ4v) is 3.13. The summed E-state index contributed by atoms with van der Waals surface area (Å²) in [5.41, 5.74) is 5.88. The number of rotatable bonds is 3. The molecule has 80 valence electrons. The van der Waals surface area contributed by atoms with Crippen LogP contribution in [0, 0.1) is 17.3 Å². The summed E-state index contributed by atoms with van der Waals surface area (Å²) >= 11 is 0. The molecule has 0 amide bonds. The van der Waals surface area contributed by atoms with Crippen molar-refractivity contribution in [2.24, 2.45) is 23.0 Å². The van der Waals surface area contributed by atoms with Gasteiger partial charge in [-0.05, 0) is 49.5 Å². The van der Waals surface area contributed by atoms with Crippen LogP contribution in [0.3, 0.4) is 0 Å². The predicted molar refractivity (Wildman–Crippen MR) is 53.6 cm³/mol. The first-order valence-corrected chi connectivity index (χ1v) is 5.46. The van der Waals surface area contributed by atoms with Crippen molar-refractivity contribution in [2.75, 3.05) is 13.7 Å². The van der Waals surface area contributed by atoms with Gasteiger partial charge in [0, 0.05) is 0 Å². The topological polar surface area (TPSA) is 52.3 Å². The summed E-state index contributed by atoms with van der Waals surface area (Å²) < 4.78 is 4.74. The number of hydrogen-bond donors (Lipinski definition) is 1. The Morgan fingerprint density at radius 2 is 2.00 bits per heavy atom. The zero-order valence-corrected chi connectivity index (χ0v) is 8.79. The summed E-state index contributed by atoms with van der Waals surface area (Å²) in [6.07, 6.45) is 5.49. The van der Waals surface area contributed by atoms with Crippen molar-refractivity contribution < 1.29 is 9.53 Å². The van der Waals surface area contributed by atoms with Gasteiger partial charge in [0.15, 0.2) is 0 Å². The Bertz CT molecular complexity index is 227. The van der Waals surface area contributed by atoms with E-state index in [1.54, 1.807) is 0 Å². The highest BCUT2D eigenvalue weighted by Gasteiger charge is 2.49. The molecule has 0 aromatic carbocycles. The molecule has 2 saturated carbocycles. The van der Waals surface area contributed by atoms with Crippen molar-refractivity contribution in [3.05, 3.63) is 0 Å². The second-order valence-electron chi connectivity index (χ2n) is 4.96. The molecule has 0 aliphatic heterocycles. The lowest BCUT2D eigenvalue weighted by molar-refractivity contribution is -0.143. The molecule has 3 heteroatoms. The van der Waals surface area contributed by atoms with E-state index in [4.69, 9.17) is 10.5 Å². The van der Waals surface area contributed by atoms with E-state index in [-0.39, 0.29) is 11.4 Å². The molecule has 2 aliphatic rings. The SMILES string of the molecule is COC(=O)C[C@@]1(CN)C[C@H]2CC[C@H]2C1. The van der Waals surface area contributed by atoms with Crippen LogP contribution in [0.25, 0.3) is 0 Å². The maximum absolute atomic E-state index is 11.3. The Hall–Kier alpha value is -0.570. The molecule has 14 heavy (non-hydrogen) atoms. The number of carbonyl (C=O) groups excluding carboxylic acids is 1. The minimum Gasteiger partial charge on any atom is -0.469 e. The van der Waals surface area contributed by atoms with E-state index in [9.17, 15) is 4.79 Å². The van der Waals surface area contributed by atoms with E-state index >= 15 is 0 Å². The largest absolute Gasteiger partial charge is 0.469 e. The van der Waals surface area contributed by atoms with Gasteiger partial charge in [0.2, 0.25) is 0 Å². The molecule has 0 aromatic heterocycles. The summed E-state index contributed by atoms with van der Waals surface area (Å²) in [4.78, 5) is 11.3. The number of hydrogen-bond acceptors (Lipinski definition) is 3. The van der Waals surface area contributed by atoms with Crippen molar-refractivity contribution in [2.45, 2.75) is 32.1 Å². The van der Waals surface area contributed by atoms with Gasteiger partial charge in [0.1, 0.15) is 0 Å². The fraction of sp³-hybridized carbons (Fsp3) is 0.909. The monoisotopic (exact) mass is 197 g/mol. The van der Waals surface area contributed by atoms with Gasteiger partial charge in [0.05, 0.1) is 13.5 Å². The highest BCUT2D eigenvalue weighted by molar-refractivity contribution is 5.70.